The number of amides is 1. The number of cyclic esters (lactones) is 1. The molecule has 0 radical (unpaired) electrons. The van der Waals surface area contributed by atoms with E-state index in [2.05, 4.69) is 25.7 Å². The van der Waals surface area contributed by atoms with Crippen LogP contribution in [0.15, 0.2) is 35.9 Å². The third kappa shape index (κ3) is 3.60. The van der Waals surface area contributed by atoms with Gasteiger partial charge in [0.25, 0.3) is 0 Å². The van der Waals surface area contributed by atoms with Crippen molar-refractivity contribution in [2.75, 3.05) is 13.2 Å². The van der Waals surface area contributed by atoms with Crippen LogP contribution < -0.4 is 5.32 Å². The number of nitrogens with zero attached hydrogens (tertiary/aromatic N) is 6. The lowest BCUT2D eigenvalue weighted by atomic mass is 9.71. The zero-order valence-corrected chi connectivity index (χ0v) is 17.5. The van der Waals surface area contributed by atoms with E-state index in [4.69, 9.17) is 4.74 Å². The van der Waals surface area contributed by atoms with Gasteiger partial charge in [0.05, 0.1) is 16.7 Å². The lowest BCUT2D eigenvalue weighted by molar-refractivity contribution is -0.138. The van der Waals surface area contributed by atoms with Crippen LogP contribution in [-0.2, 0) is 20.9 Å². The molecule has 0 atom stereocenters. The van der Waals surface area contributed by atoms with Crippen molar-refractivity contribution in [1.82, 2.24) is 35.4 Å². The molecule has 1 saturated heterocycles. The molecule has 4 heterocycles. The van der Waals surface area contributed by atoms with E-state index < -0.39 is 0 Å². The highest BCUT2D eigenvalue weighted by Crippen LogP contribution is 2.46. The van der Waals surface area contributed by atoms with Crippen LogP contribution in [0.1, 0.15) is 44.6 Å². The molecule has 1 aliphatic carbocycles. The van der Waals surface area contributed by atoms with Crippen LogP contribution in [0.25, 0.3) is 5.82 Å². The highest BCUT2D eigenvalue weighted by Gasteiger charge is 2.50. The summed E-state index contributed by atoms with van der Waals surface area (Å²) in [6, 6.07) is 4.25. The predicted molar refractivity (Wildman–Crippen MR) is 108 cm³/mol. The number of nitrogens with one attached hydrogen (secondary N) is 1. The highest BCUT2D eigenvalue weighted by atomic mass is 16.5. The molecule has 5 rings (SSSR count). The normalized spacial score (nSPS) is 26.2. The van der Waals surface area contributed by atoms with Gasteiger partial charge in [-0.3, -0.25) is 4.79 Å². The second kappa shape index (κ2) is 7.84. The van der Waals surface area contributed by atoms with Crippen LogP contribution in [0.3, 0.4) is 0 Å². The summed E-state index contributed by atoms with van der Waals surface area (Å²) in [4.78, 5) is 32.5. The van der Waals surface area contributed by atoms with Crippen molar-refractivity contribution >= 4 is 11.9 Å². The number of carbonyl (C=O) groups excluding carboxylic acids is 2. The Bertz CT molecular complexity index is 1010. The van der Waals surface area contributed by atoms with Crippen LogP contribution in [-0.4, -0.2) is 61.2 Å². The van der Waals surface area contributed by atoms with E-state index in [1.165, 1.54) is 11.1 Å². The van der Waals surface area contributed by atoms with Crippen molar-refractivity contribution < 1.29 is 14.3 Å². The number of esters is 1. The van der Waals surface area contributed by atoms with E-state index >= 15 is 0 Å². The summed E-state index contributed by atoms with van der Waals surface area (Å²) in [5.74, 6) is 0.488. The third-order valence-corrected chi connectivity index (χ3v) is 6.82. The average molecular weight is 423 g/mol. The van der Waals surface area contributed by atoms with Gasteiger partial charge in [0.1, 0.15) is 6.61 Å². The van der Waals surface area contributed by atoms with Crippen molar-refractivity contribution in [2.24, 2.45) is 5.41 Å². The Balaban J connectivity index is 1.15. The Hall–Kier alpha value is -3.14. The molecule has 2 aromatic rings. The molecule has 1 N–H and O–H groups in total. The number of ether oxygens (including phenoxy) is 1. The maximum atomic E-state index is 13.2. The summed E-state index contributed by atoms with van der Waals surface area (Å²) in [7, 11) is 0. The molecule has 10 heteroatoms. The van der Waals surface area contributed by atoms with Crippen LogP contribution in [0, 0.1) is 5.41 Å². The van der Waals surface area contributed by atoms with Gasteiger partial charge >= 0.3 is 5.97 Å². The second-order valence-corrected chi connectivity index (χ2v) is 8.54. The number of likely N-dealkylation sites (tertiary alicyclic amines) is 1. The Morgan fingerprint density at radius 3 is 2.71 bits per heavy atom. The van der Waals surface area contributed by atoms with Crippen LogP contribution >= 0.6 is 0 Å². The molecule has 1 spiro atoms. The van der Waals surface area contributed by atoms with Gasteiger partial charge < -0.3 is 15.0 Å². The van der Waals surface area contributed by atoms with Gasteiger partial charge in [0.2, 0.25) is 5.91 Å². The summed E-state index contributed by atoms with van der Waals surface area (Å²) < 4.78 is 5.10. The van der Waals surface area contributed by atoms with E-state index in [1.807, 2.05) is 18.3 Å². The second-order valence-electron chi connectivity index (χ2n) is 8.54. The largest absolute Gasteiger partial charge is 0.456 e. The van der Waals surface area contributed by atoms with Crippen molar-refractivity contribution in [3.05, 3.63) is 41.5 Å². The molecular formula is C21H25N7O3. The molecule has 162 valence electrons. The van der Waals surface area contributed by atoms with Gasteiger partial charge in [-0.2, -0.15) is 0 Å². The molecule has 0 aromatic carbocycles. The predicted octanol–water partition coefficient (Wildman–Crippen LogP) is 1.14. The SMILES string of the molecule is CC1=C(N2CCC3(CCC(NCc4ccc(-n5ncnn5)nc4)CC3)C2=O)COC1=O. The van der Waals surface area contributed by atoms with Crippen LogP contribution in [0.5, 0.6) is 0 Å². The summed E-state index contributed by atoms with van der Waals surface area (Å²) in [6.45, 7) is 3.37. The van der Waals surface area contributed by atoms with Crippen LogP contribution in [0.4, 0.5) is 0 Å². The Morgan fingerprint density at radius 1 is 1.23 bits per heavy atom. The quantitative estimate of drug-likeness (QED) is 0.712. The number of aromatic nitrogens is 5. The molecule has 0 bridgehead atoms. The number of tetrazole rings is 1. The fraction of sp³-hybridized carbons (Fsp3) is 0.524. The monoisotopic (exact) mass is 423 g/mol. The maximum absolute atomic E-state index is 13.2. The minimum absolute atomic E-state index is 0.167. The standard InChI is InChI=1S/C21H25N7O3/c1-14-17(12-31-19(14)29)27-9-8-21(20(27)30)6-4-16(5-7-21)22-10-15-2-3-18(23-11-15)28-25-13-24-26-28/h2-3,11,13,16,22H,4-10,12H2,1H3. The zero-order chi connectivity index (χ0) is 21.4. The fourth-order valence-corrected chi connectivity index (χ4v) is 4.84. The van der Waals surface area contributed by atoms with E-state index in [0.29, 0.717) is 24.0 Å². The average Bonchev–Trinajstić information content (AvgIpc) is 3.51. The van der Waals surface area contributed by atoms with E-state index in [9.17, 15) is 9.59 Å². The highest BCUT2D eigenvalue weighted by molar-refractivity contribution is 5.94. The van der Waals surface area contributed by atoms with Gasteiger partial charge in [-0.25, -0.2) is 9.78 Å². The topological polar surface area (TPSA) is 115 Å². The molecule has 2 aromatic heterocycles. The Kier molecular flexibility index (Phi) is 5.01. The van der Waals surface area contributed by atoms with E-state index in [0.717, 1.165) is 49.9 Å². The first-order chi connectivity index (χ1) is 15.1. The van der Waals surface area contributed by atoms with Gasteiger partial charge in [-0.05, 0) is 55.9 Å². The zero-order valence-electron chi connectivity index (χ0n) is 17.5. The summed E-state index contributed by atoms with van der Waals surface area (Å²) in [6.07, 6.45) is 7.70. The lowest BCUT2D eigenvalue weighted by Crippen LogP contribution is -2.42. The van der Waals surface area contributed by atoms with E-state index in [-0.39, 0.29) is 23.9 Å². The minimum atomic E-state index is -0.309. The molecule has 2 fully saturated rings. The lowest BCUT2D eigenvalue weighted by Gasteiger charge is -2.36. The Labute approximate surface area is 179 Å². The molecular weight excluding hydrogens is 398 g/mol. The van der Waals surface area contributed by atoms with Crippen molar-refractivity contribution in [2.45, 2.75) is 51.6 Å². The first kappa shape index (κ1) is 19.8. The number of hydrogen-bond acceptors (Lipinski definition) is 8. The fourth-order valence-electron chi connectivity index (χ4n) is 4.84. The van der Waals surface area contributed by atoms with Gasteiger partial charge in [-0.15, -0.1) is 15.0 Å². The van der Waals surface area contributed by atoms with Gasteiger partial charge in [-0.1, -0.05) is 6.07 Å². The smallest absolute Gasteiger partial charge is 0.336 e. The molecule has 1 saturated carbocycles. The first-order valence-electron chi connectivity index (χ1n) is 10.7. The number of carbonyl (C=O) groups is 2. The number of hydrogen-bond donors (Lipinski definition) is 1. The molecule has 3 aliphatic rings. The summed E-state index contributed by atoms with van der Waals surface area (Å²) >= 11 is 0. The maximum Gasteiger partial charge on any atom is 0.336 e. The third-order valence-electron chi connectivity index (χ3n) is 6.82. The molecule has 2 aliphatic heterocycles. The Morgan fingerprint density at radius 2 is 2.06 bits per heavy atom. The minimum Gasteiger partial charge on any atom is -0.456 e. The van der Waals surface area contributed by atoms with Gasteiger partial charge in [0, 0.05) is 25.3 Å². The van der Waals surface area contributed by atoms with Crippen molar-refractivity contribution in [3.8, 4) is 5.82 Å². The van der Waals surface area contributed by atoms with Crippen molar-refractivity contribution in [3.63, 3.8) is 0 Å². The van der Waals surface area contributed by atoms with Crippen LogP contribution in [0.2, 0.25) is 0 Å². The molecule has 31 heavy (non-hydrogen) atoms. The molecule has 10 nitrogen and oxygen atoms in total. The molecule has 0 unspecified atom stereocenters. The summed E-state index contributed by atoms with van der Waals surface area (Å²) in [5.41, 5.74) is 2.12. The first-order valence-corrected chi connectivity index (χ1v) is 10.7. The van der Waals surface area contributed by atoms with Crippen molar-refractivity contribution in [1.29, 1.82) is 0 Å². The summed E-state index contributed by atoms with van der Waals surface area (Å²) in [5, 5.41) is 15.1. The van der Waals surface area contributed by atoms with Gasteiger partial charge in [0.15, 0.2) is 12.1 Å². The number of rotatable bonds is 5. The molecule has 1 amide bonds. The number of pyridine rings is 1. The van der Waals surface area contributed by atoms with E-state index in [1.54, 1.807) is 11.8 Å².